The second-order valence-electron chi connectivity index (χ2n) is 6.29. The zero-order chi connectivity index (χ0) is 13.3. The highest BCUT2D eigenvalue weighted by atomic mass is 16.3. The van der Waals surface area contributed by atoms with E-state index in [1.807, 2.05) is 12.1 Å². The summed E-state index contributed by atoms with van der Waals surface area (Å²) in [6.45, 7) is 5.89. The number of fused-ring (bicyclic) bond motifs is 1. The molecule has 1 aromatic rings. The third-order valence-corrected chi connectivity index (χ3v) is 5.43. The first-order valence-electron chi connectivity index (χ1n) is 7.76. The van der Waals surface area contributed by atoms with Crippen LogP contribution in [-0.2, 0) is 5.41 Å². The van der Waals surface area contributed by atoms with Crippen molar-refractivity contribution in [2.24, 2.45) is 5.92 Å². The molecule has 0 spiro atoms. The van der Waals surface area contributed by atoms with E-state index in [1.165, 1.54) is 57.3 Å². The summed E-state index contributed by atoms with van der Waals surface area (Å²) in [5, 5.41) is 9.82. The van der Waals surface area contributed by atoms with E-state index in [9.17, 15) is 5.11 Å². The molecule has 2 nitrogen and oxygen atoms in total. The number of hydrogen-bond donors (Lipinski definition) is 1. The summed E-state index contributed by atoms with van der Waals surface area (Å²) >= 11 is 0. The highest BCUT2D eigenvalue weighted by Gasteiger charge is 2.45. The van der Waals surface area contributed by atoms with Crippen LogP contribution in [0.25, 0.3) is 0 Å². The molecule has 3 rings (SSSR count). The average Bonchev–Trinajstić information content (AvgIpc) is 2.46. The van der Waals surface area contributed by atoms with Gasteiger partial charge in [0.05, 0.1) is 0 Å². The molecule has 0 aromatic heterocycles. The summed E-state index contributed by atoms with van der Waals surface area (Å²) in [6, 6.07) is 8.05. The van der Waals surface area contributed by atoms with Crippen molar-refractivity contribution in [3.63, 3.8) is 0 Å². The Hall–Kier alpha value is -1.02. The molecule has 2 fully saturated rings. The standard InChI is InChI=1S/C17H25NO/c1-2-18-11-10-17(9-4-3-6-15(17)13-18)14-7-5-8-16(19)12-14/h5,7-8,12,15,19H,2-4,6,9-11,13H2,1H3/t15-,17?/m0/s1. The molecule has 1 unspecified atom stereocenters. The molecule has 1 aliphatic heterocycles. The molecule has 2 atom stereocenters. The van der Waals surface area contributed by atoms with Crippen molar-refractivity contribution < 1.29 is 5.11 Å². The molecule has 104 valence electrons. The van der Waals surface area contributed by atoms with E-state index < -0.39 is 0 Å². The first-order chi connectivity index (χ1) is 9.24. The molecule has 0 radical (unpaired) electrons. The first-order valence-corrected chi connectivity index (χ1v) is 7.76. The molecule has 1 saturated heterocycles. The molecule has 1 N–H and O–H groups in total. The minimum absolute atomic E-state index is 0.336. The maximum Gasteiger partial charge on any atom is 0.115 e. The number of rotatable bonds is 2. The number of benzene rings is 1. The normalized spacial score (nSPS) is 31.9. The van der Waals surface area contributed by atoms with Crippen molar-refractivity contribution in [1.82, 2.24) is 4.90 Å². The lowest BCUT2D eigenvalue weighted by Gasteiger charge is -2.51. The second kappa shape index (κ2) is 5.16. The lowest BCUT2D eigenvalue weighted by Crippen LogP contribution is -2.51. The van der Waals surface area contributed by atoms with Crippen LogP contribution in [0.1, 0.15) is 44.6 Å². The fraction of sp³-hybridized carbons (Fsp3) is 0.647. The molecule has 2 heteroatoms. The number of phenols is 1. The van der Waals surface area contributed by atoms with Crippen LogP contribution < -0.4 is 0 Å². The zero-order valence-electron chi connectivity index (χ0n) is 11.9. The van der Waals surface area contributed by atoms with E-state index >= 15 is 0 Å². The van der Waals surface area contributed by atoms with Crippen LogP contribution in [0.5, 0.6) is 5.75 Å². The van der Waals surface area contributed by atoms with Crippen LogP contribution in [0.2, 0.25) is 0 Å². The van der Waals surface area contributed by atoms with Crippen LogP contribution >= 0.6 is 0 Å². The summed E-state index contributed by atoms with van der Waals surface area (Å²) < 4.78 is 0. The van der Waals surface area contributed by atoms with Gasteiger partial charge in [-0.25, -0.2) is 0 Å². The Labute approximate surface area is 116 Å². The van der Waals surface area contributed by atoms with Gasteiger partial charge in [-0.1, -0.05) is 31.9 Å². The van der Waals surface area contributed by atoms with Crippen molar-refractivity contribution in [3.05, 3.63) is 29.8 Å². The van der Waals surface area contributed by atoms with Crippen molar-refractivity contribution in [1.29, 1.82) is 0 Å². The Morgan fingerprint density at radius 2 is 2.21 bits per heavy atom. The van der Waals surface area contributed by atoms with Gasteiger partial charge in [0, 0.05) is 12.0 Å². The van der Waals surface area contributed by atoms with Crippen molar-refractivity contribution in [3.8, 4) is 5.75 Å². The Morgan fingerprint density at radius 1 is 1.32 bits per heavy atom. The van der Waals surface area contributed by atoms with Crippen LogP contribution in [0.3, 0.4) is 0 Å². The third kappa shape index (κ3) is 2.27. The van der Waals surface area contributed by atoms with E-state index in [0.717, 1.165) is 5.92 Å². The number of likely N-dealkylation sites (tertiary alicyclic amines) is 1. The fourth-order valence-corrected chi connectivity index (χ4v) is 4.29. The lowest BCUT2D eigenvalue weighted by molar-refractivity contribution is 0.0592. The predicted molar refractivity (Wildman–Crippen MR) is 78.5 cm³/mol. The van der Waals surface area contributed by atoms with Gasteiger partial charge in [0.1, 0.15) is 5.75 Å². The Bertz CT molecular complexity index is 445. The summed E-state index contributed by atoms with van der Waals surface area (Å²) in [4.78, 5) is 2.59. The van der Waals surface area contributed by atoms with Gasteiger partial charge < -0.3 is 10.0 Å². The molecule has 1 heterocycles. The van der Waals surface area contributed by atoms with Crippen molar-refractivity contribution in [2.45, 2.75) is 44.4 Å². The summed E-state index contributed by atoms with van der Waals surface area (Å²) in [7, 11) is 0. The molecule has 0 amide bonds. The molecular formula is C17H25NO. The Morgan fingerprint density at radius 3 is 3.00 bits per heavy atom. The molecule has 1 aliphatic carbocycles. The summed E-state index contributed by atoms with van der Waals surface area (Å²) in [5.41, 5.74) is 1.72. The average molecular weight is 259 g/mol. The SMILES string of the molecule is CCN1CCC2(c3cccc(O)c3)CCCC[C@H]2C1. The number of aromatic hydroxyl groups is 1. The van der Waals surface area contributed by atoms with Gasteiger partial charge in [-0.05, 0) is 56.0 Å². The third-order valence-electron chi connectivity index (χ3n) is 5.43. The molecule has 2 aliphatic rings. The zero-order valence-corrected chi connectivity index (χ0v) is 11.9. The number of nitrogens with zero attached hydrogens (tertiary/aromatic N) is 1. The first kappa shape index (κ1) is 13.0. The lowest BCUT2D eigenvalue weighted by atomic mass is 9.59. The number of phenolic OH excluding ortho intramolecular Hbond substituents is 1. The minimum atomic E-state index is 0.336. The molecule has 1 saturated carbocycles. The monoisotopic (exact) mass is 259 g/mol. The predicted octanol–water partition coefficient (Wildman–Crippen LogP) is 3.55. The maximum atomic E-state index is 9.82. The van der Waals surface area contributed by atoms with Gasteiger partial charge in [0.25, 0.3) is 0 Å². The summed E-state index contributed by atoms with van der Waals surface area (Å²) in [5.74, 6) is 1.20. The van der Waals surface area contributed by atoms with E-state index in [4.69, 9.17) is 0 Å². The van der Waals surface area contributed by atoms with Gasteiger partial charge >= 0.3 is 0 Å². The van der Waals surface area contributed by atoms with Crippen LogP contribution in [0, 0.1) is 5.92 Å². The fourth-order valence-electron chi connectivity index (χ4n) is 4.29. The van der Waals surface area contributed by atoms with E-state index in [2.05, 4.69) is 17.9 Å². The van der Waals surface area contributed by atoms with Crippen molar-refractivity contribution >= 4 is 0 Å². The molecule has 1 aromatic carbocycles. The molecule has 19 heavy (non-hydrogen) atoms. The maximum absolute atomic E-state index is 9.82. The topological polar surface area (TPSA) is 23.5 Å². The highest BCUT2D eigenvalue weighted by Crippen LogP contribution is 2.49. The Kier molecular flexibility index (Phi) is 3.53. The van der Waals surface area contributed by atoms with Gasteiger partial charge in [-0.2, -0.15) is 0 Å². The van der Waals surface area contributed by atoms with Gasteiger partial charge in [-0.3, -0.25) is 0 Å². The van der Waals surface area contributed by atoms with E-state index in [1.54, 1.807) is 6.07 Å². The smallest absolute Gasteiger partial charge is 0.115 e. The quantitative estimate of drug-likeness (QED) is 0.878. The number of hydrogen-bond acceptors (Lipinski definition) is 2. The Balaban J connectivity index is 1.94. The van der Waals surface area contributed by atoms with Gasteiger partial charge in [-0.15, -0.1) is 0 Å². The minimum Gasteiger partial charge on any atom is -0.508 e. The van der Waals surface area contributed by atoms with E-state index in [-0.39, 0.29) is 0 Å². The molecular weight excluding hydrogens is 234 g/mol. The van der Waals surface area contributed by atoms with Crippen LogP contribution in [0.4, 0.5) is 0 Å². The van der Waals surface area contributed by atoms with E-state index in [0.29, 0.717) is 11.2 Å². The van der Waals surface area contributed by atoms with Gasteiger partial charge in [0.2, 0.25) is 0 Å². The molecule has 0 bridgehead atoms. The number of piperidine rings is 1. The van der Waals surface area contributed by atoms with Crippen LogP contribution in [0.15, 0.2) is 24.3 Å². The largest absolute Gasteiger partial charge is 0.508 e. The van der Waals surface area contributed by atoms with Gasteiger partial charge in [0.15, 0.2) is 0 Å². The van der Waals surface area contributed by atoms with Crippen molar-refractivity contribution in [2.75, 3.05) is 19.6 Å². The van der Waals surface area contributed by atoms with Crippen LogP contribution in [-0.4, -0.2) is 29.6 Å². The second-order valence-corrected chi connectivity index (χ2v) is 6.29. The summed E-state index contributed by atoms with van der Waals surface area (Å²) in [6.07, 6.45) is 6.64. The highest BCUT2D eigenvalue weighted by molar-refractivity contribution is 5.35.